The largest absolute Gasteiger partial charge is 0.476 e. The summed E-state index contributed by atoms with van der Waals surface area (Å²) in [6, 6.07) is 8.75. The van der Waals surface area contributed by atoms with E-state index in [-0.39, 0.29) is 5.69 Å². The predicted octanol–water partition coefficient (Wildman–Crippen LogP) is 1.33. The molecule has 4 nitrogen and oxygen atoms in total. The standard InChI is InChI=1S/C9H6N2O2/c12-9(13)8-5-6-3-1-2-4-7(6)10-11-8/h1-5H,(H,12,13). The fourth-order valence-electron chi connectivity index (χ4n) is 1.09. The molecule has 1 N–H and O–H groups in total. The minimum atomic E-state index is -1.06. The molecule has 0 fully saturated rings. The highest BCUT2D eigenvalue weighted by Crippen LogP contribution is 2.10. The second-order valence-corrected chi connectivity index (χ2v) is 2.59. The third-order valence-corrected chi connectivity index (χ3v) is 1.71. The lowest BCUT2D eigenvalue weighted by molar-refractivity contribution is 0.0689. The quantitative estimate of drug-likeness (QED) is 0.708. The zero-order valence-corrected chi connectivity index (χ0v) is 6.64. The molecular formula is C9H6N2O2. The van der Waals surface area contributed by atoms with Gasteiger partial charge >= 0.3 is 5.97 Å². The van der Waals surface area contributed by atoms with Crippen molar-refractivity contribution >= 4 is 16.9 Å². The molecule has 1 heterocycles. The van der Waals surface area contributed by atoms with E-state index in [4.69, 9.17) is 5.11 Å². The monoisotopic (exact) mass is 174 g/mol. The number of aromatic carboxylic acids is 1. The number of nitrogens with zero attached hydrogens (tertiary/aromatic N) is 2. The molecule has 4 heteroatoms. The average molecular weight is 174 g/mol. The van der Waals surface area contributed by atoms with Gasteiger partial charge in [-0.25, -0.2) is 4.79 Å². The molecule has 0 aliphatic carbocycles. The molecule has 1 aromatic carbocycles. The van der Waals surface area contributed by atoms with Crippen molar-refractivity contribution in [1.29, 1.82) is 0 Å². The molecule has 0 saturated carbocycles. The third kappa shape index (κ3) is 1.33. The Hall–Kier alpha value is -1.97. The van der Waals surface area contributed by atoms with Gasteiger partial charge in [0, 0.05) is 5.39 Å². The fourth-order valence-corrected chi connectivity index (χ4v) is 1.09. The van der Waals surface area contributed by atoms with E-state index in [1.54, 1.807) is 12.1 Å². The molecule has 0 aliphatic rings. The van der Waals surface area contributed by atoms with Crippen molar-refractivity contribution < 1.29 is 9.90 Å². The number of benzene rings is 1. The molecular weight excluding hydrogens is 168 g/mol. The van der Waals surface area contributed by atoms with Crippen LogP contribution in [0.15, 0.2) is 30.3 Å². The molecule has 2 aromatic rings. The summed E-state index contributed by atoms with van der Waals surface area (Å²) in [6.45, 7) is 0. The highest BCUT2D eigenvalue weighted by Gasteiger charge is 2.05. The Kier molecular flexibility index (Phi) is 1.66. The number of aromatic nitrogens is 2. The van der Waals surface area contributed by atoms with Crippen LogP contribution in [-0.2, 0) is 0 Å². The molecule has 13 heavy (non-hydrogen) atoms. The first kappa shape index (κ1) is 7.67. The van der Waals surface area contributed by atoms with Crippen molar-refractivity contribution in [3.8, 4) is 0 Å². The summed E-state index contributed by atoms with van der Waals surface area (Å²) in [5.41, 5.74) is 0.672. The highest BCUT2D eigenvalue weighted by atomic mass is 16.4. The van der Waals surface area contributed by atoms with Gasteiger partial charge in [0.1, 0.15) is 0 Å². The zero-order chi connectivity index (χ0) is 9.26. The lowest BCUT2D eigenvalue weighted by atomic mass is 10.2. The minimum absolute atomic E-state index is 0.0290. The van der Waals surface area contributed by atoms with Crippen molar-refractivity contribution in [2.45, 2.75) is 0 Å². The zero-order valence-electron chi connectivity index (χ0n) is 6.64. The van der Waals surface area contributed by atoms with Gasteiger partial charge in [-0.3, -0.25) is 0 Å². The van der Waals surface area contributed by atoms with Gasteiger partial charge < -0.3 is 5.11 Å². The Labute approximate surface area is 73.8 Å². The first-order valence-corrected chi connectivity index (χ1v) is 3.73. The Balaban J connectivity index is 2.69. The van der Waals surface area contributed by atoms with Gasteiger partial charge in [-0.2, -0.15) is 0 Å². The van der Waals surface area contributed by atoms with E-state index in [1.807, 2.05) is 12.1 Å². The first-order chi connectivity index (χ1) is 6.27. The number of carboxylic acid groups (broad SMARTS) is 1. The molecule has 64 valence electrons. The maximum atomic E-state index is 10.5. The van der Waals surface area contributed by atoms with Gasteiger partial charge in [-0.1, -0.05) is 18.2 Å². The van der Waals surface area contributed by atoms with E-state index < -0.39 is 5.97 Å². The van der Waals surface area contributed by atoms with Gasteiger partial charge in [0.2, 0.25) is 0 Å². The number of rotatable bonds is 1. The SMILES string of the molecule is O=C(O)c1cc2ccccc2nn1. The summed E-state index contributed by atoms with van der Waals surface area (Å²) in [5.74, 6) is -1.06. The third-order valence-electron chi connectivity index (χ3n) is 1.71. The fraction of sp³-hybridized carbons (Fsp3) is 0. The van der Waals surface area contributed by atoms with Crippen LogP contribution >= 0.6 is 0 Å². The summed E-state index contributed by atoms with van der Waals surface area (Å²) >= 11 is 0. The second-order valence-electron chi connectivity index (χ2n) is 2.59. The lowest BCUT2D eigenvalue weighted by Crippen LogP contribution is -2.01. The van der Waals surface area contributed by atoms with E-state index in [0.717, 1.165) is 5.39 Å². The molecule has 0 aliphatic heterocycles. The smallest absolute Gasteiger partial charge is 0.356 e. The first-order valence-electron chi connectivity index (χ1n) is 3.73. The molecule has 0 bridgehead atoms. The summed E-state index contributed by atoms with van der Waals surface area (Å²) in [7, 11) is 0. The average Bonchev–Trinajstić information content (AvgIpc) is 2.17. The normalized spacial score (nSPS) is 10.2. The van der Waals surface area contributed by atoms with Gasteiger partial charge in [0.05, 0.1) is 5.52 Å². The van der Waals surface area contributed by atoms with Gasteiger partial charge in [0.25, 0.3) is 0 Å². The summed E-state index contributed by atoms with van der Waals surface area (Å²) in [5, 5.41) is 16.8. The van der Waals surface area contributed by atoms with Crippen molar-refractivity contribution in [2.75, 3.05) is 0 Å². The van der Waals surface area contributed by atoms with E-state index >= 15 is 0 Å². The van der Waals surface area contributed by atoms with Crippen LogP contribution in [0.25, 0.3) is 10.9 Å². The van der Waals surface area contributed by atoms with Crippen LogP contribution in [0.1, 0.15) is 10.5 Å². The van der Waals surface area contributed by atoms with Crippen LogP contribution in [0, 0.1) is 0 Å². The maximum Gasteiger partial charge on any atom is 0.356 e. The molecule has 0 spiro atoms. The second kappa shape index (κ2) is 2.82. The highest BCUT2D eigenvalue weighted by molar-refractivity contribution is 5.90. The Bertz CT molecular complexity index is 468. The van der Waals surface area contributed by atoms with Crippen LogP contribution < -0.4 is 0 Å². The van der Waals surface area contributed by atoms with Gasteiger partial charge in [-0.15, -0.1) is 10.2 Å². The van der Waals surface area contributed by atoms with Crippen LogP contribution in [0.2, 0.25) is 0 Å². The van der Waals surface area contributed by atoms with Gasteiger partial charge in [0.15, 0.2) is 5.69 Å². The van der Waals surface area contributed by atoms with Crippen LogP contribution in [0.5, 0.6) is 0 Å². The Morgan fingerprint density at radius 2 is 2.00 bits per heavy atom. The van der Waals surface area contributed by atoms with Crippen molar-refractivity contribution in [1.82, 2.24) is 10.2 Å². The molecule has 1 aromatic heterocycles. The van der Waals surface area contributed by atoms with E-state index in [2.05, 4.69) is 10.2 Å². The van der Waals surface area contributed by atoms with Crippen LogP contribution in [-0.4, -0.2) is 21.3 Å². The predicted molar refractivity (Wildman–Crippen MR) is 46.5 cm³/mol. The van der Waals surface area contributed by atoms with Crippen LogP contribution in [0.3, 0.4) is 0 Å². The number of carbonyl (C=O) groups is 1. The molecule has 0 unspecified atom stereocenters. The van der Waals surface area contributed by atoms with Crippen molar-refractivity contribution in [3.05, 3.63) is 36.0 Å². The molecule has 0 saturated heterocycles. The Morgan fingerprint density at radius 3 is 2.77 bits per heavy atom. The topological polar surface area (TPSA) is 63.1 Å². The minimum Gasteiger partial charge on any atom is -0.476 e. The molecule has 0 amide bonds. The van der Waals surface area contributed by atoms with E-state index in [0.29, 0.717) is 5.52 Å². The van der Waals surface area contributed by atoms with Crippen LogP contribution in [0.4, 0.5) is 0 Å². The molecule has 2 rings (SSSR count). The maximum absolute atomic E-state index is 10.5. The number of carboxylic acids is 1. The van der Waals surface area contributed by atoms with Crippen molar-refractivity contribution in [2.24, 2.45) is 0 Å². The number of hydrogen-bond donors (Lipinski definition) is 1. The van der Waals surface area contributed by atoms with E-state index in [1.165, 1.54) is 6.07 Å². The van der Waals surface area contributed by atoms with Crippen molar-refractivity contribution in [3.63, 3.8) is 0 Å². The molecule has 0 radical (unpaired) electrons. The summed E-state index contributed by atoms with van der Waals surface area (Å²) < 4.78 is 0. The lowest BCUT2D eigenvalue weighted by Gasteiger charge is -1.95. The van der Waals surface area contributed by atoms with Gasteiger partial charge in [-0.05, 0) is 12.1 Å². The molecule has 0 atom stereocenters. The number of hydrogen-bond acceptors (Lipinski definition) is 3. The number of fused-ring (bicyclic) bond motifs is 1. The Morgan fingerprint density at radius 1 is 1.23 bits per heavy atom. The summed E-state index contributed by atoms with van der Waals surface area (Å²) in [4.78, 5) is 10.5. The summed E-state index contributed by atoms with van der Waals surface area (Å²) in [6.07, 6.45) is 0. The van der Waals surface area contributed by atoms with E-state index in [9.17, 15) is 4.79 Å².